The Hall–Kier alpha value is -1.12. The van der Waals surface area contributed by atoms with Gasteiger partial charge >= 0.3 is 0 Å². The van der Waals surface area contributed by atoms with Gasteiger partial charge in [-0.1, -0.05) is 18.2 Å². The lowest BCUT2D eigenvalue weighted by molar-refractivity contribution is 1.37. The van der Waals surface area contributed by atoms with E-state index in [1.807, 2.05) is 12.4 Å². The normalized spacial score (nSPS) is 10.3. The highest BCUT2D eigenvalue weighted by atomic mass is 35.5. The van der Waals surface area contributed by atoms with Crippen molar-refractivity contribution < 1.29 is 0 Å². The molecule has 3 heteroatoms. The quantitative estimate of drug-likeness (QED) is 0.562. The maximum absolute atomic E-state index is 4.12. The summed E-state index contributed by atoms with van der Waals surface area (Å²) in [6.45, 7) is 0. The van der Waals surface area contributed by atoms with E-state index >= 15 is 0 Å². The van der Waals surface area contributed by atoms with Crippen LogP contribution < -0.4 is 0 Å². The average Bonchev–Trinajstić information content (AvgIpc) is 2.56. The molecule has 2 heterocycles. The third kappa shape index (κ3) is 1.27. The van der Waals surface area contributed by atoms with Crippen molar-refractivity contribution in [2.75, 3.05) is 0 Å². The Labute approximate surface area is 91.8 Å². The zero-order chi connectivity index (χ0) is 8.67. The van der Waals surface area contributed by atoms with Gasteiger partial charge in [0.2, 0.25) is 0 Å². The van der Waals surface area contributed by atoms with Crippen LogP contribution in [0.3, 0.4) is 0 Å². The standard InChI is InChI=1S/C11H7NS.ClH/c1-2-4-10-8(3-1)9-5-6-12-7-11(9)13-10;/h1-7H;1H. The third-order valence-corrected chi connectivity index (χ3v) is 3.30. The van der Waals surface area contributed by atoms with Crippen LogP contribution in [0.1, 0.15) is 0 Å². The van der Waals surface area contributed by atoms with Crippen LogP contribution in [-0.2, 0) is 0 Å². The molecule has 0 saturated heterocycles. The van der Waals surface area contributed by atoms with Crippen molar-refractivity contribution >= 4 is 43.9 Å². The van der Waals surface area contributed by atoms with Crippen molar-refractivity contribution in [3.8, 4) is 0 Å². The number of benzene rings is 1. The first-order chi connectivity index (χ1) is 6.45. The summed E-state index contributed by atoms with van der Waals surface area (Å²) < 4.78 is 2.61. The zero-order valence-corrected chi connectivity index (χ0v) is 8.94. The van der Waals surface area contributed by atoms with Gasteiger partial charge in [-0.25, -0.2) is 0 Å². The molecular formula is C11H8ClNS. The Bertz CT molecular complexity index is 523. The van der Waals surface area contributed by atoms with Crippen LogP contribution in [0.2, 0.25) is 0 Å². The van der Waals surface area contributed by atoms with Gasteiger partial charge < -0.3 is 0 Å². The molecular weight excluding hydrogens is 214 g/mol. The first-order valence-corrected chi connectivity index (χ1v) is 4.98. The highest BCUT2D eigenvalue weighted by Crippen LogP contribution is 2.32. The minimum absolute atomic E-state index is 0. The monoisotopic (exact) mass is 221 g/mol. The van der Waals surface area contributed by atoms with Crippen molar-refractivity contribution in [3.05, 3.63) is 42.7 Å². The van der Waals surface area contributed by atoms with Crippen LogP contribution in [0.25, 0.3) is 20.2 Å². The third-order valence-electron chi connectivity index (χ3n) is 2.18. The molecule has 0 saturated carbocycles. The van der Waals surface area contributed by atoms with E-state index in [4.69, 9.17) is 0 Å². The van der Waals surface area contributed by atoms with E-state index in [1.54, 1.807) is 11.3 Å². The van der Waals surface area contributed by atoms with Crippen molar-refractivity contribution in [2.24, 2.45) is 0 Å². The molecule has 0 fully saturated rings. The van der Waals surface area contributed by atoms with Crippen LogP contribution in [0.5, 0.6) is 0 Å². The molecule has 3 aromatic rings. The van der Waals surface area contributed by atoms with Crippen molar-refractivity contribution in [3.63, 3.8) is 0 Å². The largest absolute Gasteiger partial charge is 0.263 e. The van der Waals surface area contributed by atoms with Gasteiger partial charge in [0.05, 0.1) is 4.70 Å². The molecule has 0 spiro atoms. The minimum Gasteiger partial charge on any atom is -0.263 e. The maximum Gasteiger partial charge on any atom is 0.0538 e. The summed E-state index contributed by atoms with van der Waals surface area (Å²) in [7, 11) is 0. The van der Waals surface area contributed by atoms with Gasteiger partial charge in [0.25, 0.3) is 0 Å². The summed E-state index contributed by atoms with van der Waals surface area (Å²) >= 11 is 1.80. The fourth-order valence-corrected chi connectivity index (χ4v) is 2.65. The number of rotatable bonds is 0. The van der Waals surface area contributed by atoms with Crippen LogP contribution in [0, 0.1) is 0 Å². The Morgan fingerprint density at radius 2 is 1.71 bits per heavy atom. The Morgan fingerprint density at radius 3 is 2.64 bits per heavy atom. The molecule has 0 aliphatic heterocycles. The van der Waals surface area contributed by atoms with E-state index in [0.29, 0.717) is 0 Å². The van der Waals surface area contributed by atoms with Crippen LogP contribution in [0.15, 0.2) is 42.7 Å². The second-order valence-electron chi connectivity index (χ2n) is 2.97. The highest BCUT2D eigenvalue weighted by Gasteiger charge is 2.01. The summed E-state index contributed by atoms with van der Waals surface area (Å²) in [5.74, 6) is 0. The summed E-state index contributed by atoms with van der Waals surface area (Å²) in [5.41, 5.74) is 0. The van der Waals surface area contributed by atoms with Gasteiger partial charge in [0.15, 0.2) is 0 Å². The van der Waals surface area contributed by atoms with Gasteiger partial charge in [-0.15, -0.1) is 23.7 Å². The number of pyridine rings is 1. The van der Waals surface area contributed by atoms with E-state index < -0.39 is 0 Å². The Balaban J connectivity index is 0.000000750. The molecule has 14 heavy (non-hydrogen) atoms. The van der Waals surface area contributed by atoms with Crippen molar-refractivity contribution in [1.82, 2.24) is 4.98 Å². The van der Waals surface area contributed by atoms with E-state index in [2.05, 4.69) is 35.3 Å². The number of halogens is 1. The lowest BCUT2D eigenvalue weighted by Crippen LogP contribution is -1.67. The SMILES string of the molecule is Cl.c1ccc2c(c1)sc1cnccc12. The number of fused-ring (bicyclic) bond motifs is 3. The van der Waals surface area contributed by atoms with E-state index in [-0.39, 0.29) is 12.4 Å². The molecule has 0 N–H and O–H groups in total. The number of nitrogens with zero attached hydrogens (tertiary/aromatic N) is 1. The predicted octanol–water partition coefficient (Wildman–Crippen LogP) is 3.87. The first-order valence-electron chi connectivity index (χ1n) is 4.16. The number of hydrogen-bond donors (Lipinski definition) is 0. The Kier molecular flexibility index (Phi) is 2.40. The number of hydrogen-bond acceptors (Lipinski definition) is 2. The molecule has 0 bridgehead atoms. The zero-order valence-electron chi connectivity index (χ0n) is 7.31. The van der Waals surface area contributed by atoms with Crippen LogP contribution >= 0.6 is 23.7 Å². The molecule has 3 rings (SSSR count). The van der Waals surface area contributed by atoms with E-state index in [0.717, 1.165) is 0 Å². The van der Waals surface area contributed by atoms with Gasteiger partial charge in [0, 0.05) is 27.9 Å². The second kappa shape index (κ2) is 3.56. The summed E-state index contributed by atoms with van der Waals surface area (Å²) in [6.07, 6.45) is 3.78. The van der Waals surface area contributed by atoms with Crippen LogP contribution in [-0.4, -0.2) is 4.98 Å². The predicted molar refractivity (Wildman–Crippen MR) is 64.4 cm³/mol. The molecule has 0 radical (unpaired) electrons. The number of thiophene rings is 1. The van der Waals surface area contributed by atoms with E-state index in [1.165, 1.54) is 20.2 Å². The Morgan fingerprint density at radius 1 is 0.929 bits per heavy atom. The molecule has 0 aliphatic carbocycles. The fraction of sp³-hybridized carbons (Fsp3) is 0. The molecule has 0 unspecified atom stereocenters. The molecule has 1 nitrogen and oxygen atoms in total. The smallest absolute Gasteiger partial charge is 0.0538 e. The second-order valence-corrected chi connectivity index (χ2v) is 4.05. The highest BCUT2D eigenvalue weighted by molar-refractivity contribution is 7.25. The molecule has 0 atom stereocenters. The number of aromatic nitrogens is 1. The topological polar surface area (TPSA) is 12.9 Å². The van der Waals surface area contributed by atoms with E-state index in [9.17, 15) is 0 Å². The summed E-state index contributed by atoms with van der Waals surface area (Å²) in [5, 5.41) is 2.65. The molecule has 2 aromatic heterocycles. The summed E-state index contributed by atoms with van der Waals surface area (Å²) in [4.78, 5) is 4.12. The fourth-order valence-electron chi connectivity index (χ4n) is 1.58. The summed E-state index contributed by atoms with van der Waals surface area (Å²) in [6, 6.07) is 10.5. The van der Waals surface area contributed by atoms with Gasteiger partial charge in [0.1, 0.15) is 0 Å². The average molecular weight is 222 g/mol. The van der Waals surface area contributed by atoms with Gasteiger partial charge in [-0.2, -0.15) is 0 Å². The molecule has 1 aromatic carbocycles. The first kappa shape index (κ1) is 9.44. The lowest BCUT2D eigenvalue weighted by Gasteiger charge is -1.87. The molecule has 0 aliphatic rings. The lowest BCUT2D eigenvalue weighted by atomic mass is 10.2. The van der Waals surface area contributed by atoms with Crippen molar-refractivity contribution in [2.45, 2.75) is 0 Å². The maximum atomic E-state index is 4.12. The van der Waals surface area contributed by atoms with Crippen LogP contribution in [0.4, 0.5) is 0 Å². The van der Waals surface area contributed by atoms with Gasteiger partial charge in [-0.05, 0) is 12.1 Å². The molecule has 0 amide bonds. The van der Waals surface area contributed by atoms with Gasteiger partial charge in [-0.3, -0.25) is 4.98 Å². The minimum atomic E-state index is 0. The van der Waals surface area contributed by atoms with Crippen molar-refractivity contribution in [1.29, 1.82) is 0 Å². The molecule has 70 valence electrons.